The average molecular weight is 384 g/mol. The first-order valence-corrected chi connectivity index (χ1v) is 15.1. The molecule has 0 aromatic heterocycles. The molecule has 1 aromatic carbocycles. The van der Waals surface area contributed by atoms with Crippen LogP contribution in [0.1, 0.15) is 11.6 Å². The summed E-state index contributed by atoms with van der Waals surface area (Å²) in [6, 6.07) is 9.22. The molecule has 1 aliphatic rings. The summed E-state index contributed by atoms with van der Waals surface area (Å²) in [4.78, 5) is 21.9. The van der Waals surface area contributed by atoms with E-state index in [1.807, 2.05) is 50.0 Å². The van der Waals surface area contributed by atoms with Crippen molar-refractivity contribution < 1.29 is 23.5 Å². The third-order valence-corrected chi connectivity index (χ3v) is 4.93. The average Bonchev–Trinajstić information content (AvgIpc) is 2.49. The van der Waals surface area contributed by atoms with Crippen LogP contribution in [0.3, 0.4) is 0 Å². The van der Waals surface area contributed by atoms with E-state index in [0.717, 1.165) is 5.56 Å². The molecular formula is C17H29NO5Si2. The van der Waals surface area contributed by atoms with E-state index in [9.17, 15) is 14.7 Å². The second-order valence-corrected chi connectivity index (χ2v) is 16.8. The Morgan fingerprint density at radius 2 is 1.64 bits per heavy atom. The van der Waals surface area contributed by atoms with E-state index in [1.165, 1.54) is 0 Å². The van der Waals surface area contributed by atoms with Gasteiger partial charge in [-0.25, -0.2) is 0 Å². The first-order chi connectivity index (χ1) is 11.4. The molecule has 0 bridgehead atoms. The molecule has 1 aliphatic heterocycles. The van der Waals surface area contributed by atoms with E-state index in [-0.39, 0.29) is 24.5 Å². The van der Waals surface area contributed by atoms with Crippen LogP contribution in [0.4, 0.5) is 0 Å². The highest BCUT2D eigenvalue weighted by Crippen LogP contribution is 2.23. The number of nitrogens with one attached hydrogen (secondary N) is 1. The Kier molecular flexibility index (Phi) is 7.54. The molecular weight excluding hydrogens is 354 g/mol. The van der Waals surface area contributed by atoms with Gasteiger partial charge < -0.3 is 19.3 Å². The third kappa shape index (κ3) is 8.44. The van der Waals surface area contributed by atoms with Crippen LogP contribution in [-0.2, 0) is 18.4 Å². The zero-order valence-corrected chi connectivity index (χ0v) is 17.8. The van der Waals surface area contributed by atoms with Gasteiger partial charge in [0.05, 0.1) is 6.04 Å². The molecule has 1 heterocycles. The van der Waals surface area contributed by atoms with E-state index < -0.39 is 22.7 Å². The van der Waals surface area contributed by atoms with E-state index in [0.29, 0.717) is 0 Å². The van der Waals surface area contributed by atoms with Gasteiger partial charge in [-0.15, -0.1) is 0 Å². The summed E-state index contributed by atoms with van der Waals surface area (Å²) in [5.41, 5.74) is 0.949. The molecule has 0 unspecified atom stereocenters. The van der Waals surface area contributed by atoms with E-state index in [2.05, 4.69) is 25.0 Å². The maximum atomic E-state index is 11.2. The first kappa shape index (κ1) is 21.6. The summed E-state index contributed by atoms with van der Waals surface area (Å²) in [5, 5.41) is 11.8. The molecule has 140 valence electrons. The number of hydrogen-bond acceptors (Lipinski definition) is 5. The summed E-state index contributed by atoms with van der Waals surface area (Å²) in [6.45, 7) is 12.2. The highest BCUT2D eigenvalue weighted by molar-refractivity contribution is 6.71. The second-order valence-electron chi connectivity index (χ2n) is 7.83. The molecule has 2 atom stereocenters. The lowest BCUT2D eigenvalue weighted by molar-refractivity contribution is -0.142. The molecule has 1 fully saturated rings. The topological polar surface area (TPSA) is 84.9 Å². The van der Waals surface area contributed by atoms with Crippen molar-refractivity contribution in [3.63, 3.8) is 0 Å². The molecule has 8 heteroatoms. The van der Waals surface area contributed by atoms with Gasteiger partial charge in [-0.3, -0.25) is 9.59 Å². The normalized spacial score (nSPS) is 19.9. The van der Waals surface area contributed by atoms with Crippen LogP contribution in [0.15, 0.2) is 30.3 Å². The fraction of sp³-hybridized carbons (Fsp3) is 0.529. The smallest absolute Gasteiger partial charge is 0.317 e. The first-order valence-electron chi connectivity index (χ1n) is 8.28. The molecule has 0 saturated carbocycles. The Hall–Kier alpha value is -1.49. The van der Waals surface area contributed by atoms with Gasteiger partial charge in [0.2, 0.25) is 8.32 Å². The zero-order chi connectivity index (χ0) is 19.3. The van der Waals surface area contributed by atoms with Gasteiger partial charge in [-0.1, -0.05) is 30.3 Å². The molecule has 1 aromatic rings. The van der Waals surface area contributed by atoms with Gasteiger partial charge >= 0.3 is 5.97 Å². The lowest BCUT2D eigenvalue weighted by Crippen LogP contribution is -2.55. The van der Waals surface area contributed by atoms with Crippen molar-refractivity contribution in [3.05, 3.63) is 35.9 Å². The lowest BCUT2D eigenvalue weighted by Gasteiger charge is -2.33. The Bertz CT molecular complexity index is 581. The van der Waals surface area contributed by atoms with Crippen molar-refractivity contribution in [2.75, 3.05) is 6.61 Å². The van der Waals surface area contributed by atoms with Crippen molar-refractivity contribution in [3.8, 4) is 0 Å². The van der Waals surface area contributed by atoms with Gasteiger partial charge in [-0.2, -0.15) is 0 Å². The quantitative estimate of drug-likeness (QED) is 0.602. The summed E-state index contributed by atoms with van der Waals surface area (Å²) < 4.78 is 10.7. The predicted octanol–water partition coefficient (Wildman–Crippen LogP) is 2.43. The Morgan fingerprint density at radius 1 is 1.08 bits per heavy atom. The van der Waals surface area contributed by atoms with Crippen LogP contribution in [0, 0.1) is 0 Å². The number of amides is 1. The van der Waals surface area contributed by atoms with E-state index in [1.54, 1.807) is 0 Å². The molecule has 1 amide bonds. The minimum absolute atomic E-state index is 0.111. The fourth-order valence-electron chi connectivity index (χ4n) is 1.95. The minimum atomic E-state index is -1.73. The number of aliphatic hydroxyl groups is 1. The largest absolute Gasteiger partial charge is 0.518 e. The molecule has 0 spiro atoms. The SMILES string of the molecule is C[Si](C)(C)OCC(=O)O[Si](C)(C)C.O=C1N[C@@H](c2ccccc2)[C@H]1O. The van der Waals surface area contributed by atoms with Crippen LogP contribution in [-0.4, -0.2) is 46.3 Å². The van der Waals surface area contributed by atoms with E-state index >= 15 is 0 Å². The number of β-lactam (4-membered cyclic amide) rings is 1. The molecule has 0 radical (unpaired) electrons. The third-order valence-electron chi connectivity index (χ3n) is 3.08. The minimum Gasteiger partial charge on any atom is -0.518 e. The van der Waals surface area contributed by atoms with Crippen LogP contribution < -0.4 is 5.32 Å². The number of carbonyl (C=O) groups excluding carboxylic acids is 2. The monoisotopic (exact) mass is 383 g/mol. The summed E-state index contributed by atoms with van der Waals surface area (Å²) in [7, 11) is -3.31. The highest BCUT2D eigenvalue weighted by Gasteiger charge is 2.38. The van der Waals surface area contributed by atoms with Crippen LogP contribution in [0.2, 0.25) is 39.3 Å². The van der Waals surface area contributed by atoms with E-state index in [4.69, 9.17) is 8.85 Å². The van der Waals surface area contributed by atoms with Crippen LogP contribution in [0.5, 0.6) is 0 Å². The van der Waals surface area contributed by atoms with Gasteiger partial charge in [0.15, 0.2) is 14.4 Å². The predicted molar refractivity (Wildman–Crippen MR) is 102 cm³/mol. The maximum absolute atomic E-state index is 11.2. The number of benzene rings is 1. The lowest BCUT2D eigenvalue weighted by atomic mass is 9.94. The zero-order valence-electron chi connectivity index (χ0n) is 15.8. The van der Waals surface area contributed by atoms with Gasteiger partial charge in [-0.05, 0) is 44.8 Å². The maximum Gasteiger partial charge on any atom is 0.317 e. The molecule has 2 N–H and O–H groups in total. The summed E-state index contributed by atoms with van der Waals surface area (Å²) in [6.07, 6.45) is -0.868. The summed E-state index contributed by atoms with van der Waals surface area (Å²) >= 11 is 0. The fourth-order valence-corrected chi connectivity index (χ4v) is 3.24. The highest BCUT2D eigenvalue weighted by atomic mass is 28.4. The molecule has 25 heavy (non-hydrogen) atoms. The number of carbonyl (C=O) groups is 2. The van der Waals surface area contributed by atoms with Crippen molar-refractivity contribution >= 4 is 28.5 Å². The van der Waals surface area contributed by atoms with Crippen LogP contribution in [0.25, 0.3) is 0 Å². The Balaban J connectivity index is 0.000000250. The van der Waals surface area contributed by atoms with Gasteiger partial charge in [0.25, 0.3) is 5.91 Å². The molecule has 2 rings (SSSR count). The molecule has 6 nitrogen and oxygen atoms in total. The van der Waals surface area contributed by atoms with Crippen molar-refractivity contribution in [2.24, 2.45) is 0 Å². The van der Waals surface area contributed by atoms with Crippen molar-refractivity contribution in [1.29, 1.82) is 0 Å². The van der Waals surface area contributed by atoms with Gasteiger partial charge in [0.1, 0.15) is 6.61 Å². The van der Waals surface area contributed by atoms with Crippen LogP contribution >= 0.6 is 0 Å². The molecule has 0 aliphatic carbocycles. The molecule has 1 saturated heterocycles. The number of hydrogen-bond donors (Lipinski definition) is 2. The number of aliphatic hydroxyl groups excluding tert-OH is 1. The number of rotatable bonds is 5. The van der Waals surface area contributed by atoms with Crippen molar-refractivity contribution in [1.82, 2.24) is 5.32 Å². The Morgan fingerprint density at radius 3 is 2.04 bits per heavy atom. The Labute approximate surface area is 151 Å². The van der Waals surface area contributed by atoms with Crippen molar-refractivity contribution in [2.45, 2.75) is 51.4 Å². The standard InChI is InChI=1S/C9H9NO2.C8H20O3Si2/c11-8-7(10-9(8)12)6-4-2-1-3-5-6;1-12(2,3)10-7-8(9)11-13(4,5)6/h1-5,7-8,11H,(H,10,12);7H2,1-6H3/t7-,8+;/m0./s1. The van der Waals surface area contributed by atoms with Gasteiger partial charge in [0, 0.05) is 0 Å². The second kappa shape index (κ2) is 8.75. The summed E-state index contributed by atoms with van der Waals surface area (Å²) in [5.74, 6) is -0.509.